The summed E-state index contributed by atoms with van der Waals surface area (Å²) in [5, 5.41) is -0.408. The van der Waals surface area contributed by atoms with Gasteiger partial charge in [-0.1, -0.05) is 12.1 Å². The van der Waals surface area contributed by atoms with Crippen LogP contribution in [0.25, 0.3) is 0 Å². The smallest absolute Gasteiger partial charge is 0.265 e. The van der Waals surface area contributed by atoms with Gasteiger partial charge in [0.15, 0.2) is 0 Å². The Kier molecular flexibility index (Phi) is 4.56. The first-order valence-corrected chi connectivity index (χ1v) is 9.26. The molecule has 122 valence electrons. The number of nitrogens with zero attached hydrogens (tertiary/aromatic N) is 2. The van der Waals surface area contributed by atoms with Gasteiger partial charge >= 0.3 is 0 Å². The van der Waals surface area contributed by atoms with Gasteiger partial charge in [-0.15, -0.1) is 0 Å². The number of amides is 1. The number of carbonyl (C=O) groups excluding carboxylic acids is 1. The van der Waals surface area contributed by atoms with Crippen molar-refractivity contribution in [1.82, 2.24) is 9.71 Å². The summed E-state index contributed by atoms with van der Waals surface area (Å²) in [5.74, 6) is -0.448. The Balaban J connectivity index is 1.59. The van der Waals surface area contributed by atoms with Gasteiger partial charge in [-0.3, -0.25) is 14.8 Å². The number of aryl methyl sites for hydroxylation is 1. The summed E-state index contributed by atoms with van der Waals surface area (Å²) in [5.41, 5.74) is 1.47. The number of dihydropyridines is 1. The molecule has 1 fully saturated rings. The minimum atomic E-state index is -3.52. The molecule has 2 aliphatic rings. The normalized spacial score (nSPS) is 20.9. The first kappa shape index (κ1) is 15.9. The van der Waals surface area contributed by atoms with E-state index in [1.54, 1.807) is 6.20 Å². The molecule has 1 unspecified atom stereocenters. The summed E-state index contributed by atoms with van der Waals surface area (Å²) in [6.07, 6.45) is 9.78. The van der Waals surface area contributed by atoms with Gasteiger partial charge in [0.2, 0.25) is 10.0 Å². The number of hydrogen-bond donors (Lipinski definition) is 1. The quantitative estimate of drug-likeness (QED) is 0.848. The Morgan fingerprint density at radius 2 is 2.17 bits per heavy atom. The predicted octanol–water partition coefficient (Wildman–Crippen LogP) is 1.25. The van der Waals surface area contributed by atoms with E-state index in [9.17, 15) is 13.2 Å². The fourth-order valence-electron chi connectivity index (χ4n) is 2.49. The molecule has 1 aliphatic heterocycles. The molecule has 0 bridgehead atoms. The zero-order valence-electron chi connectivity index (χ0n) is 12.7. The van der Waals surface area contributed by atoms with Crippen molar-refractivity contribution in [2.75, 3.05) is 6.54 Å². The van der Waals surface area contributed by atoms with Crippen LogP contribution in [0.5, 0.6) is 0 Å². The molecule has 1 atom stereocenters. The van der Waals surface area contributed by atoms with Crippen molar-refractivity contribution in [3.63, 3.8) is 0 Å². The van der Waals surface area contributed by atoms with Crippen molar-refractivity contribution in [3.05, 3.63) is 41.7 Å². The lowest BCUT2D eigenvalue weighted by molar-refractivity contribution is -0.115. The molecule has 6 nitrogen and oxygen atoms in total. The van der Waals surface area contributed by atoms with Gasteiger partial charge in [0.1, 0.15) is 0 Å². The van der Waals surface area contributed by atoms with Gasteiger partial charge in [-0.05, 0) is 43.2 Å². The molecule has 23 heavy (non-hydrogen) atoms. The molecule has 1 amide bonds. The summed E-state index contributed by atoms with van der Waals surface area (Å²) in [4.78, 5) is 20.4. The average Bonchev–Trinajstić information content (AvgIpc) is 3.39. The molecule has 1 N–H and O–H groups in total. The third kappa shape index (κ3) is 4.25. The van der Waals surface area contributed by atoms with E-state index < -0.39 is 21.2 Å². The van der Waals surface area contributed by atoms with Crippen LogP contribution < -0.4 is 4.72 Å². The molecule has 7 heteroatoms. The maximum atomic E-state index is 12.1. The number of sulfonamides is 1. The Bertz CT molecular complexity index is 737. The minimum Gasteiger partial charge on any atom is -0.292 e. The van der Waals surface area contributed by atoms with E-state index in [2.05, 4.69) is 14.7 Å². The largest absolute Gasteiger partial charge is 0.292 e. The third-order valence-corrected chi connectivity index (χ3v) is 5.79. The molecule has 1 aromatic rings. The van der Waals surface area contributed by atoms with Crippen molar-refractivity contribution >= 4 is 22.1 Å². The summed E-state index contributed by atoms with van der Waals surface area (Å²) in [7, 11) is -3.52. The Hall–Kier alpha value is -2.02. The average molecular weight is 333 g/mol. The van der Waals surface area contributed by atoms with Crippen molar-refractivity contribution in [2.24, 2.45) is 10.9 Å². The highest BCUT2D eigenvalue weighted by molar-refractivity contribution is 7.91. The van der Waals surface area contributed by atoms with E-state index in [4.69, 9.17) is 0 Å². The highest BCUT2D eigenvalue weighted by Crippen LogP contribution is 2.27. The van der Waals surface area contributed by atoms with Crippen LogP contribution in [0.4, 0.5) is 0 Å². The lowest BCUT2D eigenvalue weighted by Gasteiger charge is -2.16. The zero-order valence-corrected chi connectivity index (χ0v) is 13.5. The second kappa shape index (κ2) is 6.62. The van der Waals surface area contributed by atoms with E-state index in [1.165, 1.54) is 6.21 Å². The molecular formula is C16H19N3O3S. The molecule has 3 rings (SSSR count). The number of pyridine rings is 1. The van der Waals surface area contributed by atoms with Crippen LogP contribution in [0, 0.1) is 5.92 Å². The zero-order chi connectivity index (χ0) is 16.3. The lowest BCUT2D eigenvalue weighted by Crippen LogP contribution is -2.35. The summed E-state index contributed by atoms with van der Waals surface area (Å²) >= 11 is 0. The van der Waals surface area contributed by atoms with Crippen LogP contribution in [0.3, 0.4) is 0 Å². The fourth-order valence-corrected chi connectivity index (χ4v) is 3.79. The van der Waals surface area contributed by atoms with Crippen molar-refractivity contribution in [1.29, 1.82) is 0 Å². The summed E-state index contributed by atoms with van der Waals surface area (Å²) in [6, 6.07) is 3.91. The van der Waals surface area contributed by atoms with Gasteiger partial charge in [-0.25, -0.2) is 13.1 Å². The number of rotatable bonds is 6. The maximum Gasteiger partial charge on any atom is 0.265 e. The second-order valence-electron chi connectivity index (χ2n) is 5.95. The molecular weight excluding hydrogens is 314 g/mol. The lowest BCUT2D eigenvalue weighted by atomic mass is 9.96. The third-order valence-electron chi connectivity index (χ3n) is 3.97. The Morgan fingerprint density at radius 1 is 1.35 bits per heavy atom. The number of aliphatic imine (C=N–C) groups is 1. The van der Waals surface area contributed by atoms with Crippen LogP contribution >= 0.6 is 0 Å². The first-order valence-electron chi connectivity index (χ1n) is 7.71. The van der Waals surface area contributed by atoms with E-state index in [0.29, 0.717) is 25.0 Å². The summed E-state index contributed by atoms with van der Waals surface area (Å²) in [6.45, 7) is 0.617. The van der Waals surface area contributed by atoms with Crippen molar-refractivity contribution in [3.8, 4) is 0 Å². The molecule has 0 spiro atoms. The molecule has 1 aromatic heterocycles. The number of hydrogen-bond acceptors (Lipinski definition) is 5. The van der Waals surface area contributed by atoms with E-state index in [1.807, 2.05) is 24.4 Å². The van der Waals surface area contributed by atoms with E-state index in [0.717, 1.165) is 18.4 Å². The second-order valence-corrected chi connectivity index (χ2v) is 7.91. The molecule has 0 aromatic carbocycles. The highest BCUT2D eigenvalue weighted by Gasteiger charge is 2.37. The molecule has 1 saturated carbocycles. The predicted molar refractivity (Wildman–Crippen MR) is 87.6 cm³/mol. The van der Waals surface area contributed by atoms with Gasteiger partial charge in [-0.2, -0.15) is 0 Å². The monoisotopic (exact) mass is 333 g/mol. The topological polar surface area (TPSA) is 88.5 Å². The fraction of sp³-hybridized carbons (Fsp3) is 0.438. The van der Waals surface area contributed by atoms with E-state index >= 15 is 0 Å². The summed E-state index contributed by atoms with van der Waals surface area (Å²) < 4.78 is 25.8. The molecule has 1 aliphatic carbocycles. The SMILES string of the molecule is O=C(NS(=O)(=O)C1CC1)C1=CC(CCc2cccnc2)CN=C1. The van der Waals surface area contributed by atoms with Crippen LogP contribution in [-0.2, 0) is 21.2 Å². The Labute approximate surface area is 135 Å². The molecule has 2 heterocycles. The maximum absolute atomic E-state index is 12.1. The van der Waals surface area contributed by atoms with Crippen molar-refractivity contribution in [2.45, 2.75) is 30.9 Å². The number of carbonyl (C=O) groups is 1. The van der Waals surface area contributed by atoms with Gasteiger partial charge in [0.25, 0.3) is 5.91 Å². The molecule has 0 saturated heterocycles. The van der Waals surface area contributed by atoms with Crippen LogP contribution in [0.15, 0.2) is 41.2 Å². The highest BCUT2D eigenvalue weighted by atomic mass is 32.2. The van der Waals surface area contributed by atoms with Crippen LogP contribution in [0.2, 0.25) is 0 Å². The molecule has 0 radical (unpaired) electrons. The van der Waals surface area contributed by atoms with E-state index in [-0.39, 0.29) is 5.92 Å². The Morgan fingerprint density at radius 3 is 2.87 bits per heavy atom. The number of aromatic nitrogens is 1. The van der Waals surface area contributed by atoms with Gasteiger partial charge in [0, 0.05) is 25.2 Å². The minimum absolute atomic E-state index is 0.129. The number of nitrogens with one attached hydrogen (secondary N) is 1. The van der Waals surface area contributed by atoms with Gasteiger partial charge in [0.05, 0.1) is 10.8 Å². The first-order chi connectivity index (χ1) is 11.0. The van der Waals surface area contributed by atoms with Crippen LogP contribution in [-0.4, -0.2) is 37.3 Å². The standard InChI is InChI=1S/C16H19N3O3S/c20-16(19-23(21,22)15-5-6-15)14-8-13(10-18-11-14)4-3-12-2-1-7-17-9-12/h1-2,7-9,11,13,15H,3-6,10H2,(H,19,20). The van der Waals surface area contributed by atoms with Crippen LogP contribution in [0.1, 0.15) is 24.8 Å². The van der Waals surface area contributed by atoms with Gasteiger partial charge < -0.3 is 0 Å². The van der Waals surface area contributed by atoms with Crippen molar-refractivity contribution < 1.29 is 13.2 Å².